The van der Waals surface area contributed by atoms with Gasteiger partial charge in [-0.1, -0.05) is 6.92 Å². The summed E-state index contributed by atoms with van der Waals surface area (Å²) in [7, 11) is 0. The average molecular weight is 331 g/mol. The van der Waals surface area contributed by atoms with Gasteiger partial charge in [-0.15, -0.1) is 11.3 Å². The molecule has 1 fully saturated rings. The van der Waals surface area contributed by atoms with Crippen molar-refractivity contribution < 1.29 is 0 Å². The zero-order chi connectivity index (χ0) is 13.0. The number of thiophene rings is 1. The van der Waals surface area contributed by atoms with E-state index in [-0.39, 0.29) is 0 Å². The van der Waals surface area contributed by atoms with Gasteiger partial charge in [-0.25, -0.2) is 0 Å². The van der Waals surface area contributed by atoms with Gasteiger partial charge in [0.15, 0.2) is 0 Å². The number of nitrogens with one attached hydrogen (secondary N) is 1. The Bertz CT molecular complexity index is 358. The molecule has 1 aromatic heterocycles. The normalized spacial score (nSPS) is 20.2. The summed E-state index contributed by atoms with van der Waals surface area (Å²) in [5.41, 5.74) is 0. The first-order valence-electron chi connectivity index (χ1n) is 6.87. The van der Waals surface area contributed by atoms with Crippen LogP contribution >= 0.6 is 27.3 Å². The quantitative estimate of drug-likeness (QED) is 0.885. The average Bonchev–Trinajstić information content (AvgIpc) is 2.82. The van der Waals surface area contributed by atoms with Crippen molar-refractivity contribution in [2.24, 2.45) is 5.92 Å². The lowest BCUT2D eigenvalue weighted by molar-refractivity contribution is 0.168. The van der Waals surface area contributed by atoms with E-state index in [2.05, 4.69) is 51.4 Å². The summed E-state index contributed by atoms with van der Waals surface area (Å²) in [4.78, 5) is 3.97. The summed E-state index contributed by atoms with van der Waals surface area (Å²) in [6, 6.07) is 2.84. The van der Waals surface area contributed by atoms with Crippen LogP contribution in [-0.4, -0.2) is 30.6 Å². The van der Waals surface area contributed by atoms with Gasteiger partial charge in [0, 0.05) is 27.3 Å². The third-order valence-corrected chi connectivity index (χ3v) is 5.70. The summed E-state index contributed by atoms with van der Waals surface area (Å²) >= 11 is 5.33. The molecule has 2 nitrogen and oxygen atoms in total. The topological polar surface area (TPSA) is 15.3 Å². The van der Waals surface area contributed by atoms with Crippen LogP contribution in [0, 0.1) is 5.92 Å². The second-order valence-electron chi connectivity index (χ2n) is 5.17. The Labute approximate surface area is 123 Å². The Balaban J connectivity index is 1.73. The standard InChI is InChI=1S/C14H23BrN2S/c1-3-17-6-4-12(5-7-17)11(2)16-9-14-8-13(15)10-18-14/h8,10-12,16H,3-7,9H2,1-2H3. The van der Waals surface area contributed by atoms with Gasteiger partial charge < -0.3 is 10.2 Å². The molecule has 4 heteroatoms. The fourth-order valence-corrected chi connectivity index (χ4v) is 4.05. The molecule has 1 N–H and O–H groups in total. The van der Waals surface area contributed by atoms with E-state index in [9.17, 15) is 0 Å². The fraction of sp³-hybridized carbons (Fsp3) is 0.714. The van der Waals surface area contributed by atoms with Crippen LogP contribution in [0.4, 0.5) is 0 Å². The predicted octanol–water partition coefficient (Wildman–Crippen LogP) is 3.72. The molecule has 102 valence electrons. The molecular weight excluding hydrogens is 308 g/mol. The number of hydrogen-bond donors (Lipinski definition) is 1. The van der Waals surface area contributed by atoms with Gasteiger partial charge in [-0.05, 0) is 67.3 Å². The molecule has 1 saturated heterocycles. The minimum atomic E-state index is 0.630. The van der Waals surface area contributed by atoms with Crippen molar-refractivity contribution in [2.75, 3.05) is 19.6 Å². The number of nitrogens with zero attached hydrogens (tertiary/aromatic N) is 1. The zero-order valence-electron chi connectivity index (χ0n) is 11.3. The molecule has 0 radical (unpaired) electrons. The highest BCUT2D eigenvalue weighted by Crippen LogP contribution is 2.22. The summed E-state index contributed by atoms with van der Waals surface area (Å²) in [6.07, 6.45) is 2.69. The summed E-state index contributed by atoms with van der Waals surface area (Å²) in [5.74, 6) is 0.844. The molecule has 2 rings (SSSR count). The molecule has 2 heterocycles. The van der Waals surface area contributed by atoms with Crippen molar-refractivity contribution in [1.29, 1.82) is 0 Å². The van der Waals surface area contributed by atoms with Crippen LogP contribution in [-0.2, 0) is 6.54 Å². The predicted molar refractivity (Wildman–Crippen MR) is 83.2 cm³/mol. The van der Waals surface area contributed by atoms with Crippen molar-refractivity contribution in [3.63, 3.8) is 0 Å². The Kier molecular flexibility index (Phi) is 5.67. The second-order valence-corrected chi connectivity index (χ2v) is 7.08. The lowest BCUT2D eigenvalue weighted by Crippen LogP contribution is -2.41. The van der Waals surface area contributed by atoms with E-state index in [1.165, 1.54) is 41.8 Å². The van der Waals surface area contributed by atoms with Crippen molar-refractivity contribution in [3.05, 3.63) is 20.8 Å². The van der Waals surface area contributed by atoms with Gasteiger partial charge in [-0.3, -0.25) is 0 Å². The van der Waals surface area contributed by atoms with Crippen LogP contribution in [0.3, 0.4) is 0 Å². The number of halogens is 1. The van der Waals surface area contributed by atoms with Gasteiger partial charge in [0.05, 0.1) is 0 Å². The SMILES string of the molecule is CCN1CCC(C(C)NCc2cc(Br)cs2)CC1. The van der Waals surface area contributed by atoms with Gasteiger partial charge in [-0.2, -0.15) is 0 Å². The highest BCUT2D eigenvalue weighted by molar-refractivity contribution is 9.10. The molecule has 1 atom stereocenters. The van der Waals surface area contributed by atoms with E-state index in [4.69, 9.17) is 0 Å². The maximum Gasteiger partial charge on any atom is 0.0302 e. The van der Waals surface area contributed by atoms with Crippen LogP contribution in [0.15, 0.2) is 15.9 Å². The molecule has 1 aliphatic rings. The van der Waals surface area contributed by atoms with Gasteiger partial charge in [0.2, 0.25) is 0 Å². The van der Waals surface area contributed by atoms with Crippen LogP contribution in [0.2, 0.25) is 0 Å². The van der Waals surface area contributed by atoms with E-state index >= 15 is 0 Å². The Morgan fingerprint density at radius 2 is 2.22 bits per heavy atom. The lowest BCUT2D eigenvalue weighted by atomic mass is 9.90. The smallest absolute Gasteiger partial charge is 0.0302 e. The monoisotopic (exact) mass is 330 g/mol. The maximum atomic E-state index is 3.69. The fourth-order valence-electron chi connectivity index (χ4n) is 2.64. The van der Waals surface area contributed by atoms with Crippen molar-refractivity contribution in [2.45, 2.75) is 39.3 Å². The molecule has 1 unspecified atom stereocenters. The third kappa shape index (κ3) is 4.05. The van der Waals surface area contributed by atoms with E-state index in [1.807, 2.05) is 11.3 Å². The van der Waals surface area contributed by atoms with Gasteiger partial charge >= 0.3 is 0 Å². The molecule has 0 bridgehead atoms. The van der Waals surface area contributed by atoms with Crippen molar-refractivity contribution in [1.82, 2.24) is 10.2 Å². The Morgan fingerprint density at radius 3 is 2.78 bits per heavy atom. The molecule has 1 aliphatic heterocycles. The molecule has 1 aromatic rings. The zero-order valence-corrected chi connectivity index (χ0v) is 13.7. The molecule has 0 aromatic carbocycles. The van der Waals surface area contributed by atoms with Crippen LogP contribution in [0.5, 0.6) is 0 Å². The minimum absolute atomic E-state index is 0.630. The van der Waals surface area contributed by atoms with Crippen LogP contribution in [0.1, 0.15) is 31.6 Å². The Hall–Kier alpha value is 0.1000. The lowest BCUT2D eigenvalue weighted by Gasteiger charge is -2.34. The molecule has 18 heavy (non-hydrogen) atoms. The summed E-state index contributed by atoms with van der Waals surface area (Å²) in [6.45, 7) is 9.37. The molecular formula is C14H23BrN2S. The second kappa shape index (κ2) is 7.04. The summed E-state index contributed by atoms with van der Waals surface area (Å²) < 4.78 is 1.20. The molecule has 0 aliphatic carbocycles. The minimum Gasteiger partial charge on any atom is -0.309 e. The first-order chi connectivity index (χ1) is 8.69. The van der Waals surface area contributed by atoms with Crippen molar-refractivity contribution >= 4 is 27.3 Å². The van der Waals surface area contributed by atoms with Gasteiger partial charge in [0.25, 0.3) is 0 Å². The maximum absolute atomic E-state index is 3.69. The number of hydrogen-bond acceptors (Lipinski definition) is 3. The molecule has 0 amide bonds. The number of piperidine rings is 1. The van der Waals surface area contributed by atoms with Crippen LogP contribution < -0.4 is 5.32 Å². The highest BCUT2D eigenvalue weighted by Gasteiger charge is 2.22. The van der Waals surface area contributed by atoms with Crippen LogP contribution in [0.25, 0.3) is 0 Å². The van der Waals surface area contributed by atoms with E-state index in [1.54, 1.807) is 0 Å². The first-order valence-corrected chi connectivity index (χ1v) is 8.55. The first kappa shape index (κ1) is 14.5. The molecule has 0 saturated carbocycles. The van der Waals surface area contributed by atoms with E-state index in [0.29, 0.717) is 6.04 Å². The number of rotatable bonds is 5. The third-order valence-electron chi connectivity index (χ3n) is 4.01. The van der Waals surface area contributed by atoms with Crippen molar-refractivity contribution in [3.8, 4) is 0 Å². The molecule has 0 spiro atoms. The van der Waals surface area contributed by atoms with Gasteiger partial charge in [0.1, 0.15) is 0 Å². The van der Waals surface area contributed by atoms with E-state index in [0.717, 1.165) is 12.5 Å². The largest absolute Gasteiger partial charge is 0.309 e. The number of likely N-dealkylation sites (tertiary alicyclic amines) is 1. The summed E-state index contributed by atoms with van der Waals surface area (Å²) in [5, 5.41) is 5.84. The Morgan fingerprint density at radius 1 is 1.50 bits per heavy atom. The highest BCUT2D eigenvalue weighted by atomic mass is 79.9. The van der Waals surface area contributed by atoms with E-state index < -0.39 is 0 Å².